The average molecular weight is 398 g/mol. The van der Waals surface area contributed by atoms with Gasteiger partial charge in [0, 0.05) is 23.4 Å². The average Bonchev–Trinajstić information content (AvgIpc) is 3.27. The molecule has 7 heteroatoms. The molecule has 28 heavy (non-hydrogen) atoms. The van der Waals surface area contributed by atoms with Crippen molar-refractivity contribution in [3.8, 4) is 0 Å². The fraction of sp³-hybridized carbons (Fsp3) is 0.476. The fourth-order valence-corrected chi connectivity index (χ4v) is 4.17. The van der Waals surface area contributed by atoms with Gasteiger partial charge in [0.15, 0.2) is 5.65 Å². The van der Waals surface area contributed by atoms with Crippen LogP contribution in [0.3, 0.4) is 0 Å². The van der Waals surface area contributed by atoms with E-state index in [2.05, 4.69) is 61.3 Å². The molecule has 0 bridgehead atoms. The van der Waals surface area contributed by atoms with Crippen molar-refractivity contribution < 1.29 is 5.11 Å². The highest BCUT2D eigenvalue weighted by atomic mass is 32.2. The van der Waals surface area contributed by atoms with Gasteiger partial charge >= 0.3 is 0 Å². The van der Waals surface area contributed by atoms with Gasteiger partial charge in [-0.15, -0.1) is 11.8 Å². The third-order valence-electron chi connectivity index (χ3n) is 5.12. The van der Waals surface area contributed by atoms with Gasteiger partial charge in [0.2, 0.25) is 0 Å². The summed E-state index contributed by atoms with van der Waals surface area (Å²) in [6, 6.07) is 8.40. The number of hydrogen-bond donors (Lipinski definition) is 1. The molecule has 1 fully saturated rings. The number of rotatable bonds is 4. The van der Waals surface area contributed by atoms with Gasteiger partial charge in [-0.05, 0) is 24.3 Å². The summed E-state index contributed by atoms with van der Waals surface area (Å²) in [5.41, 5.74) is 1.91. The van der Waals surface area contributed by atoms with Gasteiger partial charge in [0.25, 0.3) is 0 Å². The van der Waals surface area contributed by atoms with Crippen molar-refractivity contribution in [1.82, 2.24) is 19.7 Å². The smallest absolute Gasteiger partial charge is 0.163 e. The minimum Gasteiger partial charge on any atom is -0.391 e. The topological polar surface area (TPSA) is 67.1 Å². The maximum atomic E-state index is 10.0. The Balaban J connectivity index is 1.83. The number of aromatic nitrogens is 4. The third kappa shape index (κ3) is 3.61. The highest BCUT2D eigenvalue weighted by molar-refractivity contribution is 7.98. The van der Waals surface area contributed by atoms with Crippen LogP contribution in [0.15, 0.2) is 35.4 Å². The SMILES string of the molecule is CSc1ccccc1Cn1ncc2c(N3CCC(O)C3)nc(C(C)(C)C)nc21. The molecular formula is C21H27N5OS. The van der Waals surface area contributed by atoms with Crippen molar-refractivity contribution in [3.63, 3.8) is 0 Å². The molecule has 1 atom stereocenters. The Morgan fingerprint density at radius 2 is 2.00 bits per heavy atom. The Kier molecular flexibility index (Phi) is 5.05. The van der Waals surface area contributed by atoms with Crippen molar-refractivity contribution in [2.45, 2.75) is 50.2 Å². The second-order valence-electron chi connectivity index (χ2n) is 8.36. The zero-order valence-corrected chi connectivity index (χ0v) is 17.7. The molecule has 3 heterocycles. The summed E-state index contributed by atoms with van der Waals surface area (Å²) in [7, 11) is 0. The van der Waals surface area contributed by atoms with Crippen LogP contribution < -0.4 is 4.90 Å². The van der Waals surface area contributed by atoms with Gasteiger partial charge in [-0.3, -0.25) is 0 Å². The van der Waals surface area contributed by atoms with Crippen molar-refractivity contribution in [2.75, 3.05) is 24.2 Å². The Morgan fingerprint density at radius 1 is 1.21 bits per heavy atom. The van der Waals surface area contributed by atoms with E-state index in [9.17, 15) is 5.11 Å². The van der Waals surface area contributed by atoms with Crippen LogP contribution in [0.1, 0.15) is 38.6 Å². The second-order valence-corrected chi connectivity index (χ2v) is 9.21. The molecule has 4 rings (SSSR count). The van der Waals surface area contributed by atoms with Gasteiger partial charge in [-0.1, -0.05) is 39.0 Å². The monoisotopic (exact) mass is 397 g/mol. The lowest BCUT2D eigenvalue weighted by Gasteiger charge is -2.22. The zero-order valence-electron chi connectivity index (χ0n) is 16.9. The predicted octanol–water partition coefficient (Wildman–Crippen LogP) is 3.47. The number of fused-ring (bicyclic) bond motifs is 1. The summed E-state index contributed by atoms with van der Waals surface area (Å²) in [5, 5.41) is 15.6. The van der Waals surface area contributed by atoms with Crippen LogP contribution in [-0.2, 0) is 12.0 Å². The lowest BCUT2D eigenvalue weighted by atomic mass is 9.95. The van der Waals surface area contributed by atoms with Crippen molar-refractivity contribution >= 4 is 28.6 Å². The summed E-state index contributed by atoms with van der Waals surface area (Å²) < 4.78 is 1.97. The predicted molar refractivity (Wildman–Crippen MR) is 114 cm³/mol. The Bertz CT molecular complexity index is 994. The molecule has 0 spiro atoms. The minimum atomic E-state index is -0.299. The van der Waals surface area contributed by atoms with Crippen LogP contribution in [0.5, 0.6) is 0 Å². The van der Waals surface area contributed by atoms with Gasteiger partial charge in [-0.25, -0.2) is 14.6 Å². The third-order valence-corrected chi connectivity index (χ3v) is 5.96. The first-order valence-corrected chi connectivity index (χ1v) is 10.9. The van der Waals surface area contributed by atoms with Crippen molar-refractivity contribution in [2.24, 2.45) is 0 Å². The molecule has 0 radical (unpaired) electrons. The van der Waals surface area contributed by atoms with Crippen LogP contribution in [0.2, 0.25) is 0 Å². The Morgan fingerprint density at radius 3 is 2.68 bits per heavy atom. The summed E-state index contributed by atoms with van der Waals surface area (Å²) in [5.74, 6) is 1.69. The summed E-state index contributed by atoms with van der Waals surface area (Å²) in [6.45, 7) is 8.46. The normalized spacial score (nSPS) is 17.6. The van der Waals surface area contributed by atoms with Crippen LogP contribution >= 0.6 is 11.8 Å². The minimum absolute atomic E-state index is 0.173. The summed E-state index contributed by atoms with van der Waals surface area (Å²) >= 11 is 1.74. The molecule has 0 saturated carbocycles. The Hall–Kier alpha value is -2.12. The van der Waals surface area contributed by atoms with E-state index in [1.54, 1.807) is 11.8 Å². The van der Waals surface area contributed by atoms with E-state index >= 15 is 0 Å². The molecule has 1 aliphatic heterocycles. The van der Waals surface area contributed by atoms with Gasteiger partial charge in [0.1, 0.15) is 11.6 Å². The fourth-order valence-electron chi connectivity index (χ4n) is 3.56. The molecule has 1 N–H and O–H groups in total. The molecule has 0 amide bonds. The number of hydrogen-bond acceptors (Lipinski definition) is 6. The van der Waals surface area contributed by atoms with Gasteiger partial charge < -0.3 is 10.0 Å². The maximum absolute atomic E-state index is 10.0. The molecule has 3 aromatic rings. The number of thioether (sulfide) groups is 1. The number of anilines is 1. The number of benzene rings is 1. The van der Waals surface area contributed by atoms with Crippen LogP contribution in [-0.4, -0.2) is 50.3 Å². The molecule has 1 unspecified atom stereocenters. The summed E-state index contributed by atoms with van der Waals surface area (Å²) in [6.07, 6.45) is 4.43. The van der Waals surface area contributed by atoms with E-state index in [0.29, 0.717) is 13.1 Å². The van der Waals surface area contributed by atoms with Crippen LogP contribution in [0, 0.1) is 0 Å². The quantitative estimate of drug-likeness (QED) is 0.680. The van der Waals surface area contributed by atoms with E-state index in [-0.39, 0.29) is 11.5 Å². The Labute approximate surface area is 170 Å². The molecule has 0 aliphatic carbocycles. The molecule has 148 valence electrons. The van der Waals surface area contributed by atoms with E-state index in [1.165, 1.54) is 10.5 Å². The summed E-state index contributed by atoms with van der Waals surface area (Å²) in [4.78, 5) is 13.2. The van der Waals surface area contributed by atoms with Crippen LogP contribution in [0.25, 0.3) is 11.0 Å². The lowest BCUT2D eigenvalue weighted by molar-refractivity contribution is 0.198. The molecule has 1 aromatic carbocycles. The molecule has 1 saturated heterocycles. The largest absolute Gasteiger partial charge is 0.391 e. The first-order valence-electron chi connectivity index (χ1n) is 9.66. The van der Waals surface area contributed by atoms with Gasteiger partial charge in [0.05, 0.1) is 24.2 Å². The number of aliphatic hydroxyl groups excluding tert-OH is 1. The molecule has 2 aromatic heterocycles. The number of aliphatic hydroxyl groups is 1. The highest BCUT2D eigenvalue weighted by Crippen LogP contribution is 2.31. The van der Waals surface area contributed by atoms with Crippen molar-refractivity contribution in [1.29, 1.82) is 0 Å². The van der Waals surface area contributed by atoms with Crippen LogP contribution in [0.4, 0.5) is 5.82 Å². The molecule has 1 aliphatic rings. The number of β-amino-alcohol motifs (C(OH)–C–C–N with tert-alkyl or cyclic N) is 1. The zero-order chi connectivity index (χ0) is 19.9. The first-order chi connectivity index (χ1) is 13.4. The van der Waals surface area contributed by atoms with Crippen molar-refractivity contribution in [3.05, 3.63) is 41.9 Å². The second kappa shape index (κ2) is 7.37. The standard InChI is InChI=1S/C21H27N5OS/c1-21(2,3)20-23-18(25-10-9-15(27)13-25)16-11-22-26(19(16)24-20)12-14-7-5-6-8-17(14)28-4/h5-8,11,15,27H,9-10,12-13H2,1-4H3. The first kappa shape index (κ1) is 19.2. The maximum Gasteiger partial charge on any atom is 0.163 e. The van der Waals surface area contributed by atoms with E-state index in [1.807, 2.05) is 10.9 Å². The molecule has 6 nitrogen and oxygen atoms in total. The van der Waals surface area contributed by atoms with Gasteiger partial charge in [-0.2, -0.15) is 5.10 Å². The lowest BCUT2D eigenvalue weighted by Crippen LogP contribution is -2.25. The van der Waals surface area contributed by atoms with E-state index in [4.69, 9.17) is 9.97 Å². The number of nitrogens with zero attached hydrogens (tertiary/aromatic N) is 5. The highest BCUT2D eigenvalue weighted by Gasteiger charge is 2.28. The van der Waals surface area contributed by atoms with E-state index in [0.717, 1.165) is 35.6 Å². The molecular weight excluding hydrogens is 370 g/mol. The van der Waals surface area contributed by atoms with E-state index < -0.39 is 0 Å².